The van der Waals surface area contributed by atoms with Gasteiger partial charge in [-0.15, -0.1) is 0 Å². The summed E-state index contributed by atoms with van der Waals surface area (Å²) in [5.41, 5.74) is 2.74. The van der Waals surface area contributed by atoms with Crippen LogP contribution in [-0.2, 0) is 19.7 Å². The van der Waals surface area contributed by atoms with Gasteiger partial charge in [0.05, 0.1) is 25.6 Å². The lowest BCUT2D eigenvalue weighted by Crippen LogP contribution is -2.34. The molecule has 0 spiro atoms. The van der Waals surface area contributed by atoms with Gasteiger partial charge in [-0.1, -0.05) is 72.8 Å². The van der Waals surface area contributed by atoms with Crippen LogP contribution in [0.15, 0.2) is 114 Å². The minimum Gasteiger partial charge on any atom is -0.493 e. The van der Waals surface area contributed by atoms with E-state index in [1.807, 2.05) is 103 Å². The third-order valence-corrected chi connectivity index (χ3v) is 6.08. The molecular formula is C31H28N2O4. The highest BCUT2D eigenvalue weighted by atomic mass is 16.5. The van der Waals surface area contributed by atoms with E-state index in [4.69, 9.17) is 13.9 Å². The molecule has 0 aliphatic carbocycles. The Kier molecular flexibility index (Phi) is 7.36. The number of ether oxygens (including phenoxy) is 2. The van der Waals surface area contributed by atoms with Crippen molar-refractivity contribution >= 4 is 22.5 Å². The standard InChI is InChI=1S/C31H28N2O4/c1-35-30-19-24(16-17-29(30)37-22-23-9-3-2-4-10-23)20-33(21-26-13-8-18-36-26)31(34)32-28-15-7-12-25-11-5-6-14-27(25)28/h2-19H,20-22H2,1H3,(H,32,34). The van der Waals surface area contributed by atoms with Crippen molar-refractivity contribution in [1.29, 1.82) is 0 Å². The summed E-state index contributed by atoms with van der Waals surface area (Å²) in [7, 11) is 1.61. The van der Waals surface area contributed by atoms with Crippen molar-refractivity contribution < 1.29 is 18.7 Å². The smallest absolute Gasteiger partial charge is 0.322 e. The number of benzene rings is 4. The molecule has 2 amide bonds. The normalized spacial score (nSPS) is 10.7. The lowest BCUT2D eigenvalue weighted by atomic mass is 10.1. The van der Waals surface area contributed by atoms with Crippen LogP contribution >= 0.6 is 0 Å². The molecule has 0 atom stereocenters. The lowest BCUT2D eigenvalue weighted by molar-refractivity contribution is 0.201. The van der Waals surface area contributed by atoms with E-state index in [2.05, 4.69) is 5.32 Å². The molecule has 0 aliphatic heterocycles. The fourth-order valence-electron chi connectivity index (χ4n) is 4.20. The van der Waals surface area contributed by atoms with Crippen LogP contribution in [0.2, 0.25) is 0 Å². The molecule has 0 bridgehead atoms. The van der Waals surface area contributed by atoms with Crippen LogP contribution in [-0.4, -0.2) is 18.0 Å². The highest BCUT2D eigenvalue weighted by molar-refractivity contribution is 6.01. The molecule has 1 aromatic heterocycles. The maximum absolute atomic E-state index is 13.5. The van der Waals surface area contributed by atoms with Crippen molar-refractivity contribution in [3.8, 4) is 11.5 Å². The molecule has 1 heterocycles. The molecule has 0 saturated carbocycles. The summed E-state index contributed by atoms with van der Waals surface area (Å²) in [6, 6.07) is 33.0. The highest BCUT2D eigenvalue weighted by Gasteiger charge is 2.18. The molecule has 1 N–H and O–H groups in total. The topological polar surface area (TPSA) is 63.9 Å². The maximum atomic E-state index is 13.5. The molecule has 0 saturated heterocycles. The van der Waals surface area contributed by atoms with E-state index < -0.39 is 0 Å². The highest BCUT2D eigenvalue weighted by Crippen LogP contribution is 2.30. The van der Waals surface area contributed by atoms with Crippen LogP contribution in [0, 0.1) is 0 Å². The number of carbonyl (C=O) groups excluding carboxylic acids is 1. The molecule has 0 radical (unpaired) electrons. The van der Waals surface area contributed by atoms with E-state index >= 15 is 0 Å². The Balaban J connectivity index is 1.35. The van der Waals surface area contributed by atoms with Gasteiger partial charge in [-0.05, 0) is 46.8 Å². The summed E-state index contributed by atoms with van der Waals surface area (Å²) in [6.07, 6.45) is 1.61. The number of urea groups is 1. The van der Waals surface area contributed by atoms with Gasteiger partial charge in [-0.3, -0.25) is 0 Å². The second-order valence-electron chi connectivity index (χ2n) is 8.65. The minimum absolute atomic E-state index is 0.226. The van der Waals surface area contributed by atoms with Gasteiger partial charge in [0.1, 0.15) is 12.4 Å². The summed E-state index contributed by atoms with van der Waals surface area (Å²) >= 11 is 0. The first-order chi connectivity index (χ1) is 18.2. The Morgan fingerprint density at radius 3 is 2.43 bits per heavy atom. The number of fused-ring (bicyclic) bond motifs is 1. The Hall–Kier alpha value is -4.71. The second-order valence-corrected chi connectivity index (χ2v) is 8.65. The van der Waals surface area contributed by atoms with E-state index in [9.17, 15) is 4.79 Å². The van der Waals surface area contributed by atoms with E-state index in [1.54, 1.807) is 18.3 Å². The summed E-state index contributed by atoms with van der Waals surface area (Å²) in [5, 5.41) is 5.13. The molecule has 0 fully saturated rings. The van der Waals surface area contributed by atoms with Crippen molar-refractivity contribution in [3.63, 3.8) is 0 Å². The van der Waals surface area contributed by atoms with Crippen LogP contribution < -0.4 is 14.8 Å². The van der Waals surface area contributed by atoms with Crippen LogP contribution in [0.1, 0.15) is 16.9 Å². The quantitative estimate of drug-likeness (QED) is 0.235. The zero-order chi connectivity index (χ0) is 25.5. The fraction of sp³-hybridized carbons (Fsp3) is 0.129. The first kappa shape index (κ1) is 24.0. The number of hydrogen-bond donors (Lipinski definition) is 1. The Morgan fingerprint density at radius 2 is 1.62 bits per heavy atom. The third-order valence-electron chi connectivity index (χ3n) is 6.08. The molecule has 4 aromatic carbocycles. The number of rotatable bonds is 9. The van der Waals surface area contributed by atoms with Crippen LogP contribution in [0.3, 0.4) is 0 Å². The molecule has 37 heavy (non-hydrogen) atoms. The van der Waals surface area contributed by atoms with Crippen molar-refractivity contribution in [2.24, 2.45) is 0 Å². The number of furan rings is 1. The van der Waals surface area contributed by atoms with Crippen LogP contribution in [0.4, 0.5) is 10.5 Å². The molecule has 0 unspecified atom stereocenters. The Bertz CT molecular complexity index is 1460. The van der Waals surface area contributed by atoms with Crippen LogP contribution in [0.5, 0.6) is 11.5 Å². The van der Waals surface area contributed by atoms with Gasteiger partial charge in [0.25, 0.3) is 0 Å². The Morgan fingerprint density at radius 1 is 0.811 bits per heavy atom. The molecular weight excluding hydrogens is 464 g/mol. The molecule has 0 aliphatic rings. The van der Waals surface area contributed by atoms with E-state index in [0.717, 1.165) is 27.6 Å². The fourth-order valence-corrected chi connectivity index (χ4v) is 4.20. The van der Waals surface area contributed by atoms with Crippen molar-refractivity contribution in [1.82, 2.24) is 4.90 Å². The molecule has 5 aromatic rings. The number of carbonyl (C=O) groups is 1. The number of methoxy groups -OCH3 is 1. The summed E-state index contributed by atoms with van der Waals surface area (Å²) in [4.78, 5) is 15.2. The van der Waals surface area contributed by atoms with E-state index in [-0.39, 0.29) is 6.03 Å². The average Bonchev–Trinajstić information content (AvgIpc) is 3.46. The first-order valence-electron chi connectivity index (χ1n) is 12.1. The summed E-state index contributed by atoms with van der Waals surface area (Å²) < 4.78 is 17.1. The molecule has 5 rings (SSSR count). The molecule has 6 nitrogen and oxygen atoms in total. The van der Waals surface area contributed by atoms with Gasteiger partial charge in [0.15, 0.2) is 11.5 Å². The van der Waals surface area contributed by atoms with Crippen molar-refractivity contribution in [2.75, 3.05) is 12.4 Å². The third kappa shape index (κ3) is 5.93. The largest absolute Gasteiger partial charge is 0.493 e. The van der Waals surface area contributed by atoms with E-state index in [1.165, 1.54) is 0 Å². The number of nitrogens with one attached hydrogen (secondary N) is 1. The number of hydrogen-bond acceptors (Lipinski definition) is 4. The minimum atomic E-state index is -0.226. The van der Waals surface area contributed by atoms with Gasteiger partial charge in [-0.25, -0.2) is 4.79 Å². The van der Waals surface area contributed by atoms with Gasteiger partial charge >= 0.3 is 6.03 Å². The van der Waals surface area contributed by atoms with Crippen LogP contribution in [0.25, 0.3) is 10.8 Å². The predicted molar refractivity (Wildman–Crippen MR) is 145 cm³/mol. The first-order valence-corrected chi connectivity index (χ1v) is 12.1. The zero-order valence-electron chi connectivity index (χ0n) is 20.6. The zero-order valence-corrected chi connectivity index (χ0v) is 20.6. The monoisotopic (exact) mass is 492 g/mol. The van der Waals surface area contributed by atoms with Gasteiger partial charge in [-0.2, -0.15) is 0 Å². The summed E-state index contributed by atoms with van der Waals surface area (Å²) in [6.45, 7) is 1.11. The maximum Gasteiger partial charge on any atom is 0.322 e. The second kappa shape index (κ2) is 11.4. The van der Waals surface area contributed by atoms with E-state index in [0.29, 0.717) is 37.0 Å². The lowest BCUT2D eigenvalue weighted by Gasteiger charge is -2.23. The van der Waals surface area contributed by atoms with Gasteiger partial charge < -0.3 is 24.1 Å². The summed E-state index contributed by atoms with van der Waals surface area (Å²) in [5.74, 6) is 1.96. The number of amides is 2. The predicted octanol–water partition coefficient (Wildman–Crippen LogP) is 7.25. The molecule has 6 heteroatoms. The van der Waals surface area contributed by atoms with Gasteiger partial charge in [0, 0.05) is 11.9 Å². The molecule has 186 valence electrons. The SMILES string of the molecule is COc1cc(CN(Cc2ccco2)C(=O)Nc2cccc3ccccc23)ccc1OCc1ccccc1. The van der Waals surface area contributed by atoms with Crippen molar-refractivity contribution in [3.05, 3.63) is 126 Å². The number of nitrogens with zero attached hydrogens (tertiary/aromatic N) is 1. The average molecular weight is 493 g/mol. The van der Waals surface area contributed by atoms with Gasteiger partial charge in [0.2, 0.25) is 0 Å². The van der Waals surface area contributed by atoms with Crippen molar-refractivity contribution in [2.45, 2.75) is 19.7 Å². The Labute approximate surface area is 216 Å². The number of anilines is 1.